The van der Waals surface area contributed by atoms with Crippen molar-refractivity contribution >= 4 is 27.6 Å². The molecule has 2 N–H and O–H groups in total. The molecule has 2 aromatic rings. The molecule has 0 saturated heterocycles. The number of hydrogen-bond acceptors (Lipinski definition) is 5. The van der Waals surface area contributed by atoms with Crippen molar-refractivity contribution in [1.29, 1.82) is 0 Å². The second kappa shape index (κ2) is 9.51. The topological polar surface area (TPSA) is 102 Å². The van der Waals surface area contributed by atoms with E-state index in [2.05, 4.69) is 10.0 Å². The van der Waals surface area contributed by atoms with Crippen LogP contribution in [0.25, 0.3) is 0 Å². The maximum absolute atomic E-state index is 12.9. The van der Waals surface area contributed by atoms with Gasteiger partial charge in [0.15, 0.2) is 6.10 Å². The van der Waals surface area contributed by atoms with Crippen LogP contribution in [0.4, 0.5) is 5.69 Å². The fourth-order valence-corrected chi connectivity index (χ4v) is 5.02. The van der Waals surface area contributed by atoms with Gasteiger partial charge in [-0.15, -0.1) is 0 Å². The largest absolute Gasteiger partial charge is 0.449 e. The lowest BCUT2D eigenvalue weighted by molar-refractivity contribution is -0.129. The first-order valence-electron chi connectivity index (χ1n) is 10.4. The Balaban J connectivity index is 1.75. The zero-order valence-electron chi connectivity index (χ0n) is 18.0. The first-order chi connectivity index (χ1) is 14.7. The number of hydrogen-bond donors (Lipinski definition) is 2. The van der Waals surface area contributed by atoms with Gasteiger partial charge in [-0.3, -0.25) is 9.52 Å². The van der Waals surface area contributed by atoms with Crippen molar-refractivity contribution in [2.24, 2.45) is 0 Å². The van der Waals surface area contributed by atoms with Crippen molar-refractivity contribution in [3.05, 3.63) is 59.2 Å². The van der Waals surface area contributed by atoms with E-state index in [4.69, 9.17) is 4.74 Å². The molecule has 1 saturated carbocycles. The lowest BCUT2D eigenvalue weighted by Gasteiger charge is -2.18. The summed E-state index contributed by atoms with van der Waals surface area (Å²) in [7, 11) is -3.92. The summed E-state index contributed by atoms with van der Waals surface area (Å²) in [4.78, 5) is 25.2. The number of ether oxygens (including phenoxy) is 1. The number of carbonyl (C=O) groups is 2. The lowest BCUT2D eigenvalue weighted by Crippen LogP contribution is -2.40. The van der Waals surface area contributed by atoms with E-state index < -0.39 is 22.1 Å². The quantitative estimate of drug-likeness (QED) is 0.634. The van der Waals surface area contributed by atoms with E-state index in [1.54, 1.807) is 31.2 Å². The zero-order valence-corrected chi connectivity index (χ0v) is 18.8. The van der Waals surface area contributed by atoms with Crippen molar-refractivity contribution in [3.63, 3.8) is 0 Å². The van der Waals surface area contributed by atoms with Crippen LogP contribution < -0.4 is 10.0 Å². The Kier molecular flexibility index (Phi) is 7.00. The second-order valence-electron chi connectivity index (χ2n) is 7.96. The molecule has 1 fully saturated rings. The summed E-state index contributed by atoms with van der Waals surface area (Å²) < 4.78 is 33.7. The van der Waals surface area contributed by atoms with E-state index in [0.29, 0.717) is 5.56 Å². The fraction of sp³-hybridized carbons (Fsp3) is 0.391. The SMILES string of the molecule is Cc1ccc(C)c(S(=O)(=O)Nc2ccccc2C(=O)OC(C)C(=O)NC2CCCC2)c1. The summed E-state index contributed by atoms with van der Waals surface area (Å²) in [6.07, 6.45) is 3.02. The number of carbonyl (C=O) groups excluding carboxylic acids is 2. The highest BCUT2D eigenvalue weighted by atomic mass is 32.2. The molecule has 1 aliphatic rings. The standard InChI is InChI=1S/C23H28N2O5S/c1-15-12-13-16(2)21(14-15)31(28,29)25-20-11-7-6-10-19(20)23(27)30-17(3)22(26)24-18-8-4-5-9-18/h6-7,10-14,17-18,25H,4-5,8-9H2,1-3H3,(H,24,26). The maximum atomic E-state index is 12.9. The van der Waals surface area contributed by atoms with Crippen LogP contribution in [0.5, 0.6) is 0 Å². The molecule has 1 unspecified atom stereocenters. The lowest BCUT2D eigenvalue weighted by atomic mass is 10.2. The number of anilines is 1. The highest BCUT2D eigenvalue weighted by molar-refractivity contribution is 7.92. The smallest absolute Gasteiger partial charge is 0.341 e. The molecule has 1 atom stereocenters. The summed E-state index contributed by atoms with van der Waals surface area (Å²) in [5.74, 6) is -1.12. The Morgan fingerprint density at radius 3 is 2.45 bits per heavy atom. The highest BCUT2D eigenvalue weighted by Gasteiger charge is 2.26. The van der Waals surface area contributed by atoms with E-state index >= 15 is 0 Å². The Bertz CT molecular complexity index is 1080. The fourth-order valence-electron chi connectivity index (χ4n) is 3.61. The number of aryl methyl sites for hydroxylation is 2. The van der Waals surface area contributed by atoms with Crippen LogP contribution in [0, 0.1) is 13.8 Å². The van der Waals surface area contributed by atoms with Crippen molar-refractivity contribution in [1.82, 2.24) is 5.32 Å². The average molecular weight is 445 g/mol. The van der Waals surface area contributed by atoms with Crippen molar-refractivity contribution in [2.45, 2.75) is 63.5 Å². The second-order valence-corrected chi connectivity index (χ2v) is 9.61. The molecule has 0 aliphatic heterocycles. The number of sulfonamides is 1. The van der Waals surface area contributed by atoms with Gasteiger partial charge in [0.2, 0.25) is 0 Å². The van der Waals surface area contributed by atoms with Gasteiger partial charge < -0.3 is 10.1 Å². The van der Waals surface area contributed by atoms with E-state index in [-0.39, 0.29) is 28.1 Å². The van der Waals surface area contributed by atoms with E-state index in [0.717, 1.165) is 31.2 Å². The molecule has 8 heteroatoms. The molecule has 1 amide bonds. The van der Waals surface area contributed by atoms with Crippen LogP contribution in [0.3, 0.4) is 0 Å². The summed E-state index contributed by atoms with van der Waals surface area (Å²) >= 11 is 0. The number of para-hydroxylation sites is 1. The molecular weight excluding hydrogens is 416 g/mol. The van der Waals surface area contributed by atoms with E-state index in [9.17, 15) is 18.0 Å². The van der Waals surface area contributed by atoms with Crippen LogP contribution in [-0.2, 0) is 19.6 Å². The first kappa shape index (κ1) is 22.8. The monoisotopic (exact) mass is 444 g/mol. The molecule has 0 bridgehead atoms. The molecule has 0 spiro atoms. The summed E-state index contributed by atoms with van der Waals surface area (Å²) in [6.45, 7) is 5.02. The van der Waals surface area contributed by atoms with Gasteiger partial charge in [-0.2, -0.15) is 0 Å². The van der Waals surface area contributed by atoms with E-state index in [1.807, 2.05) is 13.0 Å². The predicted octanol–water partition coefficient (Wildman–Crippen LogP) is 3.71. The van der Waals surface area contributed by atoms with Crippen LogP contribution in [0.15, 0.2) is 47.4 Å². The van der Waals surface area contributed by atoms with Gasteiger partial charge in [-0.1, -0.05) is 37.1 Å². The minimum atomic E-state index is -3.92. The van der Waals surface area contributed by atoms with Gasteiger partial charge in [0.25, 0.3) is 15.9 Å². The third kappa shape index (κ3) is 5.64. The summed E-state index contributed by atoms with van der Waals surface area (Å²) in [6, 6.07) is 11.4. The van der Waals surface area contributed by atoms with Gasteiger partial charge in [-0.25, -0.2) is 13.2 Å². The first-order valence-corrected chi connectivity index (χ1v) is 11.9. The average Bonchev–Trinajstić information content (AvgIpc) is 3.22. The summed E-state index contributed by atoms with van der Waals surface area (Å²) in [5.41, 5.74) is 1.53. The molecule has 0 aromatic heterocycles. The maximum Gasteiger partial charge on any atom is 0.341 e. The molecule has 0 radical (unpaired) electrons. The Labute approximate surface area is 183 Å². The molecule has 7 nitrogen and oxygen atoms in total. The van der Waals surface area contributed by atoms with Gasteiger partial charge in [0.1, 0.15) is 0 Å². The van der Waals surface area contributed by atoms with Gasteiger partial charge >= 0.3 is 5.97 Å². The van der Waals surface area contributed by atoms with Gasteiger partial charge in [-0.05, 0) is 62.9 Å². The minimum absolute atomic E-state index is 0.0388. The Hall–Kier alpha value is -2.87. The Morgan fingerprint density at radius 2 is 1.74 bits per heavy atom. The van der Waals surface area contributed by atoms with Crippen molar-refractivity contribution < 1.29 is 22.7 Å². The van der Waals surface area contributed by atoms with Crippen molar-refractivity contribution in [2.75, 3.05) is 4.72 Å². The van der Waals surface area contributed by atoms with Crippen LogP contribution in [0.2, 0.25) is 0 Å². The van der Waals surface area contributed by atoms with Crippen LogP contribution in [-0.4, -0.2) is 32.4 Å². The third-order valence-corrected chi connectivity index (χ3v) is 6.89. The molecule has 3 rings (SSSR count). The summed E-state index contributed by atoms with van der Waals surface area (Å²) in [5, 5.41) is 2.89. The van der Waals surface area contributed by atoms with E-state index in [1.165, 1.54) is 19.1 Å². The van der Waals surface area contributed by atoms with Gasteiger partial charge in [0.05, 0.1) is 16.1 Å². The molecular formula is C23H28N2O5S. The number of benzene rings is 2. The number of esters is 1. The predicted molar refractivity (Wildman–Crippen MR) is 118 cm³/mol. The van der Waals surface area contributed by atoms with Crippen molar-refractivity contribution in [3.8, 4) is 0 Å². The molecule has 0 heterocycles. The Morgan fingerprint density at radius 1 is 1.06 bits per heavy atom. The molecule has 2 aromatic carbocycles. The minimum Gasteiger partial charge on any atom is -0.449 e. The molecule has 31 heavy (non-hydrogen) atoms. The zero-order chi connectivity index (χ0) is 22.6. The highest BCUT2D eigenvalue weighted by Crippen LogP contribution is 2.24. The number of amides is 1. The number of nitrogens with one attached hydrogen (secondary N) is 2. The normalized spacial score (nSPS) is 15.3. The van der Waals surface area contributed by atoms with Crippen LogP contribution >= 0.6 is 0 Å². The number of rotatable bonds is 7. The van der Waals surface area contributed by atoms with Crippen LogP contribution in [0.1, 0.15) is 54.1 Å². The molecule has 1 aliphatic carbocycles. The third-order valence-electron chi connectivity index (χ3n) is 5.38. The molecule has 166 valence electrons. The van der Waals surface area contributed by atoms with Gasteiger partial charge in [0, 0.05) is 6.04 Å².